The SMILES string of the molecule is C=C/C=C(\C=N)c1ccc(C(CC(C)=C=C/C(=C\CCC)CC(C)(C)C)C2=C[CH]2)cc1.CC.[HH]. The lowest BCUT2D eigenvalue weighted by Gasteiger charge is -2.18. The molecule has 0 aliphatic heterocycles. The minimum absolute atomic E-state index is 0. The van der Waals surface area contributed by atoms with Crippen molar-refractivity contribution in [1.82, 2.24) is 0 Å². The monoisotopic (exact) mass is 444 g/mol. The predicted octanol–water partition coefficient (Wildman–Crippen LogP) is 10.1. The lowest BCUT2D eigenvalue weighted by Crippen LogP contribution is -2.05. The van der Waals surface area contributed by atoms with Crippen molar-refractivity contribution in [2.75, 3.05) is 0 Å². The van der Waals surface area contributed by atoms with Gasteiger partial charge in [-0.25, -0.2) is 0 Å². The van der Waals surface area contributed by atoms with Crippen LogP contribution in [0, 0.1) is 17.2 Å². The van der Waals surface area contributed by atoms with Gasteiger partial charge in [0.15, 0.2) is 0 Å². The van der Waals surface area contributed by atoms with Crippen LogP contribution in [0.2, 0.25) is 0 Å². The summed E-state index contributed by atoms with van der Waals surface area (Å²) < 4.78 is 0. The fraction of sp³-hybridized carbons (Fsp3) is 0.406. The van der Waals surface area contributed by atoms with E-state index in [2.05, 4.69) is 95.8 Å². The maximum Gasteiger partial charge on any atom is 0.0256 e. The van der Waals surface area contributed by atoms with Gasteiger partial charge in [0.2, 0.25) is 0 Å². The van der Waals surface area contributed by atoms with Crippen LogP contribution >= 0.6 is 0 Å². The first-order valence-corrected chi connectivity index (χ1v) is 12.4. The standard InChI is InChI=1S/C30H38N.C2H6.H2/c1-7-9-11-24(21-30(4,5)6)13-12-23(3)20-29(27-18-19-27)26-16-14-25(15-17-26)28(22-31)10-8-2;1-2;/h8,10-11,13-19,22,29,31H,2,7,9,20-21H2,1,3-6H3;1-2H3;1H/b24-11+,28-10+,31-22?;;. The minimum Gasteiger partial charge on any atom is -0.308 e. The maximum atomic E-state index is 7.61. The molecule has 0 aromatic heterocycles. The molecule has 1 aliphatic carbocycles. The summed E-state index contributed by atoms with van der Waals surface area (Å²) in [6.07, 6.45) is 18.3. The van der Waals surface area contributed by atoms with E-state index in [1.165, 1.54) is 34.9 Å². The average Bonchev–Trinajstić information content (AvgIpc) is 3.63. The molecule has 0 spiro atoms. The largest absolute Gasteiger partial charge is 0.308 e. The number of unbranched alkanes of at least 4 members (excludes halogenated alkanes) is 1. The van der Waals surface area contributed by atoms with Gasteiger partial charge in [0, 0.05) is 20.0 Å². The van der Waals surface area contributed by atoms with Gasteiger partial charge < -0.3 is 5.41 Å². The molecular weight excluding hydrogens is 398 g/mol. The second-order valence-electron chi connectivity index (χ2n) is 9.59. The molecular formula is C32H46N. The first-order valence-electron chi connectivity index (χ1n) is 12.4. The van der Waals surface area contributed by atoms with Gasteiger partial charge >= 0.3 is 0 Å². The van der Waals surface area contributed by atoms with Crippen LogP contribution in [-0.2, 0) is 0 Å². The van der Waals surface area contributed by atoms with Crippen molar-refractivity contribution in [3.05, 3.63) is 101 Å². The normalized spacial score (nSPS) is 14.2. The quantitative estimate of drug-likeness (QED) is 0.199. The Morgan fingerprint density at radius 2 is 1.82 bits per heavy atom. The van der Waals surface area contributed by atoms with Gasteiger partial charge in [-0.1, -0.05) is 109 Å². The molecule has 1 N–H and O–H groups in total. The van der Waals surface area contributed by atoms with Crippen LogP contribution in [0.3, 0.4) is 0 Å². The number of nitrogens with one attached hydrogen (secondary N) is 1. The molecule has 1 radical (unpaired) electrons. The maximum absolute atomic E-state index is 7.61. The van der Waals surface area contributed by atoms with Crippen LogP contribution in [0.15, 0.2) is 83.7 Å². The van der Waals surface area contributed by atoms with Crippen LogP contribution in [0.25, 0.3) is 5.57 Å². The highest BCUT2D eigenvalue weighted by molar-refractivity contribution is 6.08. The second-order valence-corrected chi connectivity index (χ2v) is 9.59. The topological polar surface area (TPSA) is 23.9 Å². The van der Waals surface area contributed by atoms with Crippen molar-refractivity contribution in [1.29, 1.82) is 5.41 Å². The third-order valence-corrected chi connectivity index (χ3v) is 5.30. The molecule has 1 unspecified atom stereocenters. The van der Waals surface area contributed by atoms with Gasteiger partial charge in [0.1, 0.15) is 0 Å². The van der Waals surface area contributed by atoms with Gasteiger partial charge in [-0.05, 0) is 65.5 Å². The first kappa shape index (κ1) is 28.4. The van der Waals surface area contributed by atoms with E-state index in [9.17, 15) is 0 Å². The Morgan fingerprint density at radius 1 is 1.18 bits per heavy atom. The van der Waals surface area contributed by atoms with Gasteiger partial charge in [0.25, 0.3) is 0 Å². The van der Waals surface area contributed by atoms with Crippen molar-refractivity contribution in [2.24, 2.45) is 5.41 Å². The van der Waals surface area contributed by atoms with Crippen LogP contribution in [0.5, 0.6) is 0 Å². The highest BCUT2D eigenvalue weighted by Crippen LogP contribution is 2.39. The molecule has 1 aliphatic rings. The van der Waals surface area contributed by atoms with Crippen molar-refractivity contribution in [3.63, 3.8) is 0 Å². The molecule has 0 saturated heterocycles. The van der Waals surface area contributed by atoms with Crippen molar-refractivity contribution < 1.29 is 1.43 Å². The van der Waals surface area contributed by atoms with Crippen molar-refractivity contribution in [3.8, 4) is 0 Å². The van der Waals surface area contributed by atoms with Crippen molar-refractivity contribution >= 4 is 11.8 Å². The fourth-order valence-corrected chi connectivity index (χ4v) is 3.68. The van der Waals surface area contributed by atoms with E-state index in [1.54, 1.807) is 6.08 Å². The van der Waals surface area contributed by atoms with E-state index in [4.69, 9.17) is 5.41 Å². The highest BCUT2D eigenvalue weighted by atomic mass is 14.3. The lowest BCUT2D eigenvalue weighted by atomic mass is 9.87. The third-order valence-electron chi connectivity index (χ3n) is 5.30. The summed E-state index contributed by atoms with van der Waals surface area (Å²) in [6.45, 7) is 19.0. The third kappa shape index (κ3) is 10.7. The summed E-state index contributed by atoms with van der Waals surface area (Å²) >= 11 is 0. The van der Waals surface area contributed by atoms with E-state index in [0.717, 1.165) is 30.4 Å². The Labute approximate surface area is 205 Å². The summed E-state index contributed by atoms with van der Waals surface area (Å²) in [5.41, 5.74) is 11.2. The summed E-state index contributed by atoms with van der Waals surface area (Å²) in [6, 6.07) is 8.60. The molecule has 33 heavy (non-hydrogen) atoms. The molecule has 1 heteroatoms. The summed E-state index contributed by atoms with van der Waals surface area (Å²) in [5.74, 6) is 0.368. The molecule has 1 aromatic carbocycles. The number of allylic oxidation sites excluding steroid dienone is 8. The van der Waals surface area contributed by atoms with E-state index >= 15 is 0 Å². The lowest BCUT2D eigenvalue weighted by molar-refractivity contribution is 0.412. The molecule has 0 saturated carbocycles. The van der Waals surface area contributed by atoms with Crippen LogP contribution in [-0.4, -0.2) is 6.21 Å². The van der Waals surface area contributed by atoms with Gasteiger partial charge in [-0.2, -0.15) is 0 Å². The Morgan fingerprint density at radius 3 is 2.30 bits per heavy atom. The Balaban J connectivity index is 0.00000353. The van der Waals surface area contributed by atoms with Crippen LogP contribution in [0.4, 0.5) is 0 Å². The summed E-state index contributed by atoms with van der Waals surface area (Å²) in [4.78, 5) is 0. The highest BCUT2D eigenvalue weighted by Gasteiger charge is 2.23. The molecule has 0 heterocycles. The zero-order valence-electron chi connectivity index (χ0n) is 22.0. The number of hydrogen-bond donors (Lipinski definition) is 1. The molecule has 179 valence electrons. The van der Waals surface area contributed by atoms with Crippen molar-refractivity contribution in [2.45, 2.75) is 80.1 Å². The summed E-state index contributed by atoms with van der Waals surface area (Å²) in [7, 11) is 0. The fourth-order valence-electron chi connectivity index (χ4n) is 3.68. The van der Waals surface area contributed by atoms with Gasteiger partial charge in [-0.3, -0.25) is 0 Å². The molecule has 0 bridgehead atoms. The Hall–Kier alpha value is -2.63. The minimum atomic E-state index is 0. The number of benzene rings is 1. The molecule has 1 nitrogen and oxygen atoms in total. The van der Waals surface area contributed by atoms with E-state index in [1.807, 2.05) is 19.9 Å². The van der Waals surface area contributed by atoms with E-state index in [0.29, 0.717) is 5.92 Å². The molecule has 2 rings (SSSR count). The smallest absolute Gasteiger partial charge is 0.0256 e. The molecule has 1 aromatic rings. The molecule has 0 amide bonds. The number of hydrogen-bond acceptors (Lipinski definition) is 1. The van der Waals surface area contributed by atoms with E-state index in [-0.39, 0.29) is 6.84 Å². The zero-order valence-corrected chi connectivity index (χ0v) is 22.0. The average molecular weight is 445 g/mol. The molecule has 1 atom stereocenters. The van der Waals surface area contributed by atoms with Crippen LogP contribution in [0.1, 0.15) is 92.6 Å². The number of rotatable bonds is 11. The predicted molar refractivity (Wildman–Crippen MR) is 151 cm³/mol. The van der Waals surface area contributed by atoms with Crippen LogP contribution < -0.4 is 0 Å². The van der Waals surface area contributed by atoms with E-state index < -0.39 is 0 Å². The Bertz CT molecular complexity index is 926. The van der Waals surface area contributed by atoms with Gasteiger partial charge in [-0.15, -0.1) is 5.73 Å². The zero-order chi connectivity index (χ0) is 24.9. The summed E-state index contributed by atoms with van der Waals surface area (Å²) in [5, 5.41) is 7.61. The van der Waals surface area contributed by atoms with Gasteiger partial charge in [0.05, 0.1) is 0 Å². The Kier molecular flexibility index (Phi) is 12.5. The molecule has 0 fully saturated rings. The first-order chi connectivity index (χ1) is 15.8. The second kappa shape index (κ2) is 14.5.